The van der Waals surface area contributed by atoms with E-state index in [-0.39, 0.29) is 5.69 Å². The average molecular weight is 181 g/mol. The Morgan fingerprint density at radius 2 is 2.46 bits per heavy atom. The van der Waals surface area contributed by atoms with Crippen molar-refractivity contribution in [2.75, 3.05) is 7.05 Å². The van der Waals surface area contributed by atoms with E-state index < -0.39 is 0 Å². The van der Waals surface area contributed by atoms with Crippen molar-refractivity contribution in [3.8, 4) is 0 Å². The number of nitrogens with one attached hydrogen (secondary N) is 1. The SMILES string of the molecule is CNC(C)CCn1cccnc1=O. The summed E-state index contributed by atoms with van der Waals surface area (Å²) in [5.74, 6) is 0. The van der Waals surface area contributed by atoms with Gasteiger partial charge in [0.1, 0.15) is 0 Å². The zero-order chi connectivity index (χ0) is 9.68. The topological polar surface area (TPSA) is 46.9 Å². The second-order valence-electron chi connectivity index (χ2n) is 3.07. The van der Waals surface area contributed by atoms with Crippen LogP contribution in [0.2, 0.25) is 0 Å². The lowest BCUT2D eigenvalue weighted by Crippen LogP contribution is -2.27. The van der Waals surface area contributed by atoms with Crippen molar-refractivity contribution >= 4 is 0 Å². The van der Waals surface area contributed by atoms with Crippen LogP contribution in [-0.4, -0.2) is 22.6 Å². The number of aromatic nitrogens is 2. The maximum Gasteiger partial charge on any atom is 0.347 e. The van der Waals surface area contributed by atoms with Crippen LogP contribution in [0, 0.1) is 0 Å². The summed E-state index contributed by atoms with van der Waals surface area (Å²) in [6, 6.07) is 2.19. The minimum Gasteiger partial charge on any atom is -0.317 e. The molecule has 0 saturated heterocycles. The number of hydrogen-bond donors (Lipinski definition) is 1. The highest BCUT2D eigenvalue weighted by molar-refractivity contribution is 4.81. The maximum atomic E-state index is 11.2. The summed E-state index contributed by atoms with van der Waals surface area (Å²) in [5.41, 5.74) is -0.175. The summed E-state index contributed by atoms with van der Waals surface area (Å²) in [6.45, 7) is 2.80. The van der Waals surface area contributed by atoms with Gasteiger partial charge in [-0.1, -0.05) is 0 Å². The van der Waals surface area contributed by atoms with Crippen LogP contribution >= 0.6 is 0 Å². The molecule has 0 bridgehead atoms. The number of aryl methyl sites for hydroxylation is 1. The Bertz CT molecular complexity index is 308. The number of rotatable bonds is 4. The molecule has 4 nitrogen and oxygen atoms in total. The van der Waals surface area contributed by atoms with E-state index in [4.69, 9.17) is 0 Å². The predicted octanol–water partition coefficient (Wildman–Crippen LogP) is 0.241. The largest absolute Gasteiger partial charge is 0.347 e. The smallest absolute Gasteiger partial charge is 0.317 e. The van der Waals surface area contributed by atoms with Crippen LogP contribution in [0.15, 0.2) is 23.3 Å². The lowest BCUT2D eigenvalue weighted by molar-refractivity contribution is 0.498. The third-order valence-corrected chi connectivity index (χ3v) is 2.08. The van der Waals surface area contributed by atoms with E-state index in [0.717, 1.165) is 6.42 Å². The third kappa shape index (κ3) is 2.99. The fourth-order valence-corrected chi connectivity index (χ4v) is 1.03. The van der Waals surface area contributed by atoms with Crippen molar-refractivity contribution in [1.29, 1.82) is 0 Å². The van der Waals surface area contributed by atoms with Gasteiger partial charge in [0.15, 0.2) is 0 Å². The molecule has 1 unspecified atom stereocenters. The Hall–Kier alpha value is -1.16. The molecule has 4 heteroatoms. The number of nitrogens with zero attached hydrogens (tertiary/aromatic N) is 2. The zero-order valence-corrected chi connectivity index (χ0v) is 8.03. The summed E-state index contributed by atoms with van der Waals surface area (Å²) in [7, 11) is 1.91. The average Bonchev–Trinajstić information content (AvgIpc) is 2.16. The highest BCUT2D eigenvalue weighted by Gasteiger charge is 1.99. The molecule has 1 aromatic heterocycles. The van der Waals surface area contributed by atoms with Crippen LogP contribution < -0.4 is 11.0 Å². The molecule has 72 valence electrons. The molecule has 0 aliphatic carbocycles. The Balaban J connectivity index is 2.55. The third-order valence-electron chi connectivity index (χ3n) is 2.08. The predicted molar refractivity (Wildman–Crippen MR) is 51.6 cm³/mol. The van der Waals surface area contributed by atoms with Crippen molar-refractivity contribution in [3.05, 3.63) is 28.9 Å². The molecular weight excluding hydrogens is 166 g/mol. The lowest BCUT2D eigenvalue weighted by atomic mass is 10.2. The molecule has 0 radical (unpaired) electrons. The summed E-state index contributed by atoms with van der Waals surface area (Å²) in [4.78, 5) is 14.8. The van der Waals surface area contributed by atoms with E-state index in [2.05, 4.69) is 17.2 Å². The van der Waals surface area contributed by atoms with E-state index in [1.165, 1.54) is 6.20 Å². The van der Waals surface area contributed by atoms with Crippen LogP contribution in [0.4, 0.5) is 0 Å². The Morgan fingerprint density at radius 1 is 1.69 bits per heavy atom. The fourth-order valence-electron chi connectivity index (χ4n) is 1.03. The first-order chi connectivity index (χ1) is 6.24. The second-order valence-corrected chi connectivity index (χ2v) is 3.07. The first kappa shape index (κ1) is 9.92. The van der Waals surface area contributed by atoms with Crippen molar-refractivity contribution < 1.29 is 0 Å². The monoisotopic (exact) mass is 181 g/mol. The van der Waals surface area contributed by atoms with E-state index in [9.17, 15) is 4.79 Å². The van der Waals surface area contributed by atoms with Gasteiger partial charge in [0.05, 0.1) is 0 Å². The van der Waals surface area contributed by atoms with Gasteiger partial charge in [-0.2, -0.15) is 0 Å². The van der Waals surface area contributed by atoms with Gasteiger partial charge in [-0.05, 0) is 26.5 Å². The summed E-state index contributed by atoms with van der Waals surface area (Å²) in [6.07, 6.45) is 4.21. The van der Waals surface area contributed by atoms with Crippen LogP contribution in [0.5, 0.6) is 0 Å². The van der Waals surface area contributed by atoms with Gasteiger partial charge in [-0.15, -0.1) is 0 Å². The van der Waals surface area contributed by atoms with Crippen molar-refractivity contribution in [3.63, 3.8) is 0 Å². The van der Waals surface area contributed by atoms with E-state index >= 15 is 0 Å². The molecule has 0 aliphatic rings. The zero-order valence-electron chi connectivity index (χ0n) is 8.03. The van der Waals surface area contributed by atoms with Gasteiger partial charge in [0.2, 0.25) is 0 Å². The molecule has 1 N–H and O–H groups in total. The van der Waals surface area contributed by atoms with E-state index in [1.807, 2.05) is 7.05 Å². The standard InChI is InChI=1S/C9H15N3O/c1-8(10-2)4-7-12-6-3-5-11-9(12)13/h3,5-6,8,10H,4,7H2,1-2H3. The molecule has 1 atom stereocenters. The molecule has 13 heavy (non-hydrogen) atoms. The normalized spacial score (nSPS) is 12.8. The van der Waals surface area contributed by atoms with Gasteiger partial charge < -0.3 is 5.32 Å². The van der Waals surface area contributed by atoms with Crippen LogP contribution in [0.25, 0.3) is 0 Å². The lowest BCUT2D eigenvalue weighted by Gasteiger charge is -2.10. The van der Waals surface area contributed by atoms with Gasteiger partial charge in [-0.25, -0.2) is 9.78 Å². The van der Waals surface area contributed by atoms with Crippen molar-refractivity contribution in [2.24, 2.45) is 0 Å². The van der Waals surface area contributed by atoms with Gasteiger partial charge in [-0.3, -0.25) is 4.57 Å². The first-order valence-electron chi connectivity index (χ1n) is 4.42. The minimum absolute atomic E-state index is 0.175. The molecule has 1 heterocycles. The van der Waals surface area contributed by atoms with Crippen molar-refractivity contribution in [1.82, 2.24) is 14.9 Å². The van der Waals surface area contributed by atoms with Crippen LogP contribution in [-0.2, 0) is 6.54 Å². The minimum atomic E-state index is -0.175. The Morgan fingerprint density at radius 3 is 3.08 bits per heavy atom. The fraction of sp³-hybridized carbons (Fsp3) is 0.556. The molecular formula is C9H15N3O. The summed E-state index contributed by atoms with van der Waals surface area (Å²) >= 11 is 0. The summed E-state index contributed by atoms with van der Waals surface area (Å²) in [5, 5.41) is 3.12. The first-order valence-corrected chi connectivity index (χ1v) is 4.42. The molecule has 0 spiro atoms. The van der Waals surface area contributed by atoms with E-state index in [1.54, 1.807) is 16.8 Å². The highest BCUT2D eigenvalue weighted by atomic mass is 16.1. The number of hydrogen-bond acceptors (Lipinski definition) is 3. The van der Waals surface area contributed by atoms with Crippen molar-refractivity contribution in [2.45, 2.75) is 25.9 Å². The summed E-state index contributed by atoms with van der Waals surface area (Å²) < 4.78 is 1.62. The Labute approximate surface area is 77.6 Å². The molecule has 0 saturated carbocycles. The van der Waals surface area contributed by atoms with Crippen LogP contribution in [0.1, 0.15) is 13.3 Å². The highest BCUT2D eigenvalue weighted by Crippen LogP contribution is 1.91. The van der Waals surface area contributed by atoms with E-state index in [0.29, 0.717) is 12.6 Å². The van der Waals surface area contributed by atoms with Gasteiger partial charge in [0, 0.05) is 25.0 Å². The quantitative estimate of drug-likeness (QED) is 0.724. The second kappa shape index (κ2) is 4.77. The Kier molecular flexibility index (Phi) is 3.64. The van der Waals surface area contributed by atoms with Crippen LogP contribution in [0.3, 0.4) is 0 Å². The molecule has 0 aliphatic heterocycles. The molecule has 1 aromatic rings. The molecule has 1 rings (SSSR count). The van der Waals surface area contributed by atoms with Gasteiger partial charge >= 0.3 is 5.69 Å². The molecule has 0 aromatic carbocycles. The molecule has 0 amide bonds. The van der Waals surface area contributed by atoms with Gasteiger partial charge in [0.25, 0.3) is 0 Å². The maximum absolute atomic E-state index is 11.2. The molecule has 0 fully saturated rings.